The number of halogens is 4. The van der Waals surface area contributed by atoms with Crippen LogP contribution in [0, 0.1) is 6.92 Å². The number of aromatic nitrogens is 1. The van der Waals surface area contributed by atoms with E-state index in [1.165, 1.54) is 12.3 Å². The van der Waals surface area contributed by atoms with Gasteiger partial charge in [0.25, 0.3) is 0 Å². The lowest BCUT2D eigenvalue weighted by Gasteiger charge is -2.13. The molecule has 0 unspecified atom stereocenters. The number of nitrogens with one attached hydrogen (secondary N) is 1. The molecule has 2 rings (SSSR count). The first-order valence-corrected chi connectivity index (χ1v) is 6.42. The highest BCUT2D eigenvalue weighted by molar-refractivity contribution is 9.10. The molecule has 0 aliphatic carbocycles. The van der Waals surface area contributed by atoms with E-state index in [0.29, 0.717) is 27.2 Å². The lowest BCUT2D eigenvalue weighted by Crippen LogP contribution is -2.06. The zero-order chi connectivity index (χ0) is 14.9. The van der Waals surface area contributed by atoms with E-state index < -0.39 is 11.7 Å². The van der Waals surface area contributed by atoms with Crippen molar-refractivity contribution in [1.82, 2.24) is 4.98 Å². The average molecular weight is 346 g/mol. The Bertz CT molecular complexity index is 641. The number of hydrogen-bond acceptors (Lipinski definition) is 3. The molecule has 3 N–H and O–H groups in total. The van der Waals surface area contributed by atoms with Crippen molar-refractivity contribution in [2.45, 2.75) is 13.1 Å². The van der Waals surface area contributed by atoms with E-state index in [9.17, 15) is 13.2 Å². The third kappa shape index (κ3) is 3.22. The molecule has 3 nitrogen and oxygen atoms in total. The van der Waals surface area contributed by atoms with Crippen LogP contribution in [0.1, 0.15) is 11.1 Å². The smallest absolute Gasteiger partial charge is 0.397 e. The summed E-state index contributed by atoms with van der Waals surface area (Å²) < 4.78 is 38.7. The first-order valence-electron chi connectivity index (χ1n) is 5.63. The number of nitrogens with zero attached hydrogens (tertiary/aromatic N) is 1. The van der Waals surface area contributed by atoms with Crippen LogP contribution in [0.4, 0.5) is 30.4 Å². The number of nitrogen functional groups attached to an aromatic ring is 1. The maximum Gasteiger partial charge on any atom is 0.416 e. The second-order valence-corrected chi connectivity index (χ2v) is 5.11. The molecule has 1 aromatic carbocycles. The van der Waals surface area contributed by atoms with E-state index in [-0.39, 0.29) is 0 Å². The van der Waals surface area contributed by atoms with E-state index in [1.54, 1.807) is 13.0 Å². The van der Waals surface area contributed by atoms with Crippen LogP contribution >= 0.6 is 15.9 Å². The van der Waals surface area contributed by atoms with Crippen LogP contribution in [0.5, 0.6) is 0 Å². The van der Waals surface area contributed by atoms with Crippen molar-refractivity contribution >= 4 is 33.1 Å². The van der Waals surface area contributed by atoms with Crippen molar-refractivity contribution < 1.29 is 13.2 Å². The normalized spacial score (nSPS) is 11.4. The monoisotopic (exact) mass is 345 g/mol. The van der Waals surface area contributed by atoms with E-state index >= 15 is 0 Å². The molecule has 0 spiro atoms. The summed E-state index contributed by atoms with van der Waals surface area (Å²) in [6.45, 7) is 1.72. The maximum absolute atomic E-state index is 12.7. The molecule has 1 aromatic heterocycles. The fourth-order valence-corrected chi connectivity index (χ4v) is 2.07. The van der Waals surface area contributed by atoms with Gasteiger partial charge >= 0.3 is 6.18 Å². The Hall–Kier alpha value is -1.76. The lowest BCUT2D eigenvalue weighted by atomic mass is 10.1. The second kappa shape index (κ2) is 5.32. The number of pyridine rings is 1. The quantitative estimate of drug-likeness (QED) is 0.842. The molecule has 106 valence electrons. The number of rotatable bonds is 2. The largest absolute Gasteiger partial charge is 0.416 e. The summed E-state index contributed by atoms with van der Waals surface area (Å²) in [5.74, 6) is 0.404. The third-order valence-electron chi connectivity index (χ3n) is 2.68. The van der Waals surface area contributed by atoms with Crippen LogP contribution in [-0.2, 0) is 6.18 Å². The van der Waals surface area contributed by atoms with Crippen LogP contribution in [0.15, 0.2) is 34.9 Å². The van der Waals surface area contributed by atoms with E-state index in [1.807, 2.05) is 0 Å². The predicted octanol–water partition coefficient (Wildman–Crippen LogP) is 4.50. The van der Waals surface area contributed by atoms with Crippen molar-refractivity contribution in [2.75, 3.05) is 11.1 Å². The highest BCUT2D eigenvalue weighted by Crippen LogP contribution is 2.33. The Morgan fingerprint density at radius 2 is 1.95 bits per heavy atom. The minimum absolute atomic E-state index is 0.345. The molecule has 0 aliphatic rings. The highest BCUT2D eigenvalue weighted by atomic mass is 79.9. The SMILES string of the molecule is Cc1ccc(C(F)(F)F)cc1Nc1ncc(N)cc1Br. The van der Waals surface area contributed by atoms with E-state index in [0.717, 1.165) is 12.1 Å². The average Bonchev–Trinajstić information content (AvgIpc) is 2.33. The van der Waals surface area contributed by atoms with Crippen molar-refractivity contribution in [1.29, 1.82) is 0 Å². The third-order valence-corrected chi connectivity index (χ3v) is 3.28. The summed E-state index contributed by atoms with van der Waals surface area (Å²) in [5.41, 5.74) is 6.34. The number of alkyl halides is 3. The van der Waals surface area contributed by atoms with Crippen LogP contribution in [0.25, 0.3) is 0 Å². The molecule has 0 aliphatic heterocycles. The van der Waals surface area contributed by atoms with Gasteiger partial charge in [0, 0.05) is 5.69 Å². The van der Waals surface area contributed by atoms with Gasteiger partial charge in [-0.05, 0) is 46.6 Å². The van der Waals surface area contributed by atoms with Gasteiger partial charge in [0.15, 0.2) is 0 Å². The molecule has 0 saturated heterocycles. The Balaban J connectivity index is 2.38. The lowest BCUT2D eigenvalue weighted by molar-refractivity contribution is -0.137. The number of anilines is 3. The molecular formula is C13H11BrF3N3. The molecule has 1 heterocycles. The summed E-state index contributed by atoms with van der Waals surface area (Å²) in [5, 5.41) is 2.87. The number of benzene rings is 1. The molecule has 0 atom stereocenters. The fourth-order valence-electron chi connectivity index (χ4n) is 1.61. The van der Waals surface area contributed by atoms with E-state index in [4.69, 9.17) is 5.73 Å². The van der Waals surface area contributed by atoms with Crippen molar-refractivity contribution in [3.8, 4) is 0 Å². The van der Waals surface area contributed by atoms with Crippen LogP contribution in [0.2, 0.25) is 0 Å². The minimum atomic E-state index is -4.38. The van der Waals surface area contributed by atoms with Gasteiger partial charge in [-0.1, -0.05) is 6.07 Å². The first kappa shape index (κ1) is 14.6. The zero-order valence-electron chi connectivity index (χ0n) is 10.4. The molecule has 0 fully saturated rings. The van der Waals surface area contributed by atoms with Gasteiger partial charge in [0.05, 0.1) is 21.9 Å². The molecular weight excluding hydrogens is 335 g/mol. The van der Waals surface area contributed by atoms with Gasteiger partial charge in [-0.25, -0.2) is 4.98 Å². The Morgan fingerprint density at radius 3 is 2.55 bits per heavy atom. The van der Waals surface area contributed by atoms with Crippen molar-refractivity contribution in [2.24, 2.45) is 0 Å². The van der Waals surface area contributed by atoms with Crippen LogP contribution < -0.4 is 11.1 Å². The van der Waals surface area contributed by atoms with Crippen LogP contribution in [-0.4, -0.2) is 4.98 Å². The molecule has 20 heavy (non-hydrogen) atoms. The molecule has 0 saturated carbocycles. The number of hydrogen-bond donors (Lipinski definition) is 2. The minimum Gasteiger partial charge on any atom is -0.397 e. The van der Waals surface area contributed by atoms with E-state index in [2.05, 4.69) is 26.2 Å². The standard InChI is InChI=1S/C13H11BrF3N3/c1-7-2-3-8(13(15,16)17)4-11(7)20-12-10(14)5-9(18)6-19-12/h2-6H,18H2,1H3,(H,19,20). The molecule has 0 bridgehead atoms. The summed E-state index contributed by atoms with van der Waals surface area (Å²) in [6, 6.07) is 5.14. The second-order valence-electron chi connectivity index (χ2n) is 4.25. The summed E-state index contributed by atoms with van der Waals surface area (Å²) in [7, 11) is 0. The predicted molar refractivity (Wildman–Crippen MR) is 75.8 cm³/mol. The molecule has 0 amide bonds. The van der Waals surface area contributed by atoms with Gasteiger partial charge in [-0.2, -0.15) is 13.2 Å². The molecule has 0 radical (unpaired) electrons. The topological polar surface area (TPSA) is 50.9 Å². The van der Waals surface area contributed by atoms with Crippen molar-refractivity contribution in [3.05, 3.63) is 46.1 Å². The first-order chi connectivity index (χ1) is 9.27. The van der Waals surface area contributed by atoms with Gasteiger partial charge < -0.3 is 11.1 Å². The fraction of sp³-hybridized carbons (Fsp3) is 0.154. The summed E-state index contributed by atoms with van der Waals surface area (Å²) in [6.07, 6.45) is -2.95. The summed E-state index contributed by atoms with van der Waals surface area (Å²) in [4.78, 5) is 4.04. The Morgan fingerprint density at radius 1 is 1.25 bits per heavy atom. The number of aryl methyl sites for hydroxylation is 1. The van der Waals surface area contributed by atoms with Crippen molar-refractivity contribution in [3.63, 3.8) is 0 Å². The van der Waals surface area contributed by atoms with Gasteiger partial charge in [0.1, 0.15) is 5.82 Å². The Kier molecular flexibility index (Phi) is 3.89. The number of nitrogens with two attached hydrogens (primary N) is 1. The maximum atomic E-state index is 12.7. The highest BCUT2D eigenvalue weighted by Gasteiger charge is 2.30. The van der Waals surface area contributed by atoms with Crippen LogP contribution in [0.3, 0.4) is 0 Å². The molecule has 7 heteroatoms. The summed E-state index contributed by atoms with van der Waals surface area (Å²) >= 11 is 3.26. The zero-order valence-corrected chi connectivity index (χ0v) is 12.0. The van der Waals surface area contributed by atoms with Gasteiger partial charge in [-0.15, -0.1) is 0 Å². The van der Waals surface area contributed by atoms with Gasteiger partial charge in [-0.3, -0.25) is 0 Å². The van der Waals surface area contributed by atoms with Gasteiger partial charge in [0.2, 0.25) is 0 Å². The molecule has 2 aromatic rings. The Labute approximate surface area is 122 Å².